The normalized spacial score (nSPS) is 10.5. The number of aromatic nitrogens is 2. The fraction of sp³-hybridized carbons (Fsp3) is 0.176. The van der Waals surface area contributed by atoms with Crippen LogP contribution in [-0.4, -0.2) is 30.8 Å². The van der Waals surface area contributed by atoms with Gasteiger partial charge >= 0.3 is 0 Å². The molecule has 3 rings (SSSR count). The van der Waals surface area contributed by atoms with Gasteiger partial charge in [0.2, 0.25) is 11.8 Å². The van der Waals surface area contributed by atoms with Crippen LogP contribution in [0.5, 0.6) is 17.5 Å². The van der Waals surface area contributed by atoms with Crippen LogP contribution < -0.4 is 14.2 Å². The highest BCUT2D eigenvalue weighted by atomic mass is 32.1. The Morgan fingerprint density at radius 2 is 1.83 bits per heavy atom. The number of rotatable bonds is 6. The number of fused-ring (bicyclic) bond motifs is 1. The van der Waals surface area contributed by atoms with Crippen molar-refractivity contribution in [3.05, 3.63) is 43.0 Å². The molecule has 0 unspecified atom stereocenters. The van der Waals surface area contributed by atoms with Crippen LogP contribution in [0.3, 0.4) is 0 Å². The first-order valence-corrected chi connectivity index (χ1v) is 7.81. The van der Waals surface area contributed by atoms with Crippen molar-refractivity contribution in [3.8, 4) is 28.2 Å². The Kier molecular flexibility index (Phi) is 4.43. The minimum absolute atomic E-state index is 0.412. The number of benzene rings is 1. The lowest BCUT2D eigenvalue weighted by atomic mass is 10.2. The van der Waals surface area contributed by atoms with Crippen LogP contribution in [0.4, 0.5) is 0 Å². The van der Waals surface area contributed by atoms with E-state index >= 15 is 0 Å². The van der Waals surface area contributed by atoms with Crippen molar-refractivity contribution in [2.75, 3.05) is 20.8 Å². The third-order valence-corrected chi connectivity index (χ3v) is 4.34. The van der Waals surface area contributed by atoms with Crippen LogP contribution in [0.15, 0.2) is 43.0 Å². The molecule has 0 fully saturated rings. The molecule has 0 spiro atoms. The molecular weight excluding hydrogens is 312 g/mol. The minimum Gasteiger partial charge on any atom is -0.487 e. The van der Waals surface area contributed by atoms with E-state index in [-0.39, 0.29) is 0 Å². The standard InChI is InChI=1S/C17H16N2O3S/c1-4-9-22-15-11-7-5-6-8-12(11)23-16(15)17-18-13(20-2)10-14(19-17)21-3/h4-8,10H,1,9H2,2-3H3. The summed E-state index contributed by atoms with van der Waals surface area (Å²) in [6.07, 6.45) is 1.71. The van der Waals surface area contributed by atoms with E-state index in [1.807, 2.05) is 24.3 Å². The molecule has 0 aliphatic heterocycles. The predicted octanol–water partition coefficient (Wildman–Crippen LogP) is 3.94. The van der Waals surface area contributed by atoms with E-state index in [0.717, 1.165) is 20.7 Å². The first kappa shape index (κ1) is 15.3. The third-order valence-electron chi connectivity index (χ3n) is 3.20. The lowest BCUT2D eigenvalue weighted by Gasteiger charge is -2.08. The van der Waals surface area contributed by atoms with E-state index in [9.17, 15) is 0 Å². The zero-order valence-electron chi connectivity index (χ0n) is 12.9. The monoisotopic (exact) mass is 328 g/mol. The first-order valence-electron chi connectivity index (χ1n) is 6.99. The Balaban J connectivity index is 2.20. The second-order valence-corrected chi connectivity index (χ2v) is 5.68. The zero-order valence-corrected chi connectivity index (χ0v) is 13.7. The van der Waals surface area contributed by atoms with Gasteiger partial charge in [-0.1, -0.05) is 24.8 Å². The maximum atomic E-state index is 5.87. The van der Waals surface area contributed by atoms with Crippen LogP contribution in [-0.2, 0) is 0 Å². The molecule has 0 bridgehead atoms. The van der Waals surface area contributed by atoms with Crippen LogP contribution in [0.2, 0.25) is 0 Å². The summed E-state index contributed by atoms with van der Waals surface area (Å²) in [5.74, 6) is 2.15. The molecule has 1 aromatic carbocycles. The Bertz CT molecular complexity index is 823. The van der Waals surface area contributed by atoms with Gasteiger partial charge in [-0.2, -0.15) is 9.97 Å². The summed E-state index contributed by atoms with van der Waals surface area (Å²) in [7, 11) is 3.12. The van der Waals surface area contributed by atoms with Crippen LogP contribution in [0, 0.1) is 0 Å². The molecule has 2 heterocycles. The maximum absolute atomic E-state index is 5.87. The summed E-state index contributed by atoms with van der Waals surface area (Å²) >= 11 is 1.57. The largest absolute Gasteiger partial charge is 0.487 e. The second kappa shape index (κ2) is 6.66. The highest BCUT2D eigenvalue weighted by Crippen LogP contribution is 2.43. The average Bonchev–Trinajstić information content (AvgIpc) is 2.98. The number of thiophene rings is 1. The molecule has 118 valence electrons. The van der Waals surface area contributed by atoms with Gasteiger partial charge in [0.05, 0.1) is 20.3 Å². The van der Waals surface area contributed by atoms with Crippen LogP contribution >= 0.6 is 11.3 Å². The summed E-state index contributed by atoms with van der Waals surface area (Å²) < 4.78 is 17.4. The Labute approximate surface area is 138 Å². The fourth-order valence-corrected chi connectivity index (χ4v) is 3.25. The third kappa shape index (κ3) is 2.98. The molecule has 6 heteroatoms. The van der Waals surface area contributed by atoms with Gasteiger partial charge in [-0.15, -0.1) is 11.3 Å². The number of nitrogens with zero attached hydrogens (tertiary/aromatic N) is 2. The van der Waals surface area contributed by atoms with Gasteiger partial charge in [0, 0.05) is 10.1 Å². The summed E-state index contributed by atoms with van der Waals surface area (Å²) in [5.41, 5.74) is 0. The van der Waals surface area contributed by atoms with Gasteiger partial charge in [-0.05, 0) is 12.1 Å². The molecule has 3 aromatic rings. The van der Waals surface area contributed by atoms with E-state index in [1.165, 1.54) is 0 Å². The highest BCUT2D eigenvalue weighted by Gasteiger charge is 2.19. The average molecular weight is 328 g/mol. The molecule has 0 N–H and O–H groups in total. The van der Waals surface area contributed by atoms with Crippen molar-refractivity contribution < 1.29 is 14.2 Å². The molecule has 0 aliphatic carbocycles. The van der Waals surface area contributed by atoms with Gasteiger partial charge in [-0.3, -0.25) is 0 Å². The van der Waals surface area contributed by atoms with E-state index in [2.05, 4.69) is 16.5 Å². The lowest BCUT2D eigenvalue weighted by molar-refractivity contribution is 0.367. The zero-order chi connectivity index (χ0) is 16.2. The quantitative estimate of drug-likeness (QED) is 0.642. The van der Waals surface area contributed by atoms with Gasteiger partial charge in [0.1, 0.15) is 17.2 Å². The Morgan fingerprint density at radius 3 is 2.48 bits per heavy atom. The number of ether oxygens (including phenoxy) is 3. The van der Waals surface area contributed by atoms with E-state index in [0.29, 0.717) is 24.2 Å². The maximum Gasteiger partial charge on any atom is 0.220 e. The summed E-state index contributed by atoms with van der Waals surface area (Å²) in [4.78, 5) is 9.69. The SMILES string of the molecule is C=CCOc1c(-c2nc(OC)cc(OC)n2)sc2ccccc12. The van der Waals surface area contributed by atoms with Gasteiger partial charge in [0.15, 0.2) is 5.82 Å². The van der Waals surface area contributed by atoms with E-state index < -0.39 is 0 Å². The van der Waals surface area contributed by atoms with Crippen molar-refractivity contribution >= 4 is 21.4 Å². The molecule has 0 radical (unpaired) electrons. The summed E-state index contributed by atoms with van der Waals surface area (Å²) in [5, 5.41) is 1.03. The molecule has 0 saturated heterocycles. The number of hydrogen-bond donors (Lipinski definition) is 0. The van der Waals surface area contributed by atoms with Crippen molar-refractivity contribution in [1.82, 2.24) is 9.97 Å². The van der Waals surface area contributed by atoms with Crippen molar-refractivity contribution in [1.29, 1.82) is 0 Å². The minimum atomic E-state index is 0.412. The smallest absolute Gasteiger partial charge is 0.220 e. The molecule has 0 saturated carbocycles. The molecular formula is C17H16N2O3S. The summed E-state index contributed by atoms with van der Waals surface area (Å²) in [6.45, 7) is 4.12. The van der Waals surface area contributed by atoms with Crippen LogP contribution in [0.25, 0.3) is 20.8 Å². The van der Waals surface area contributed by atoms with Crippen molar-refractivity contribution in [2.24, 2.45) is 0 Å². The van der Waals surface area contributed by atoms with Crippen LogP contribution in [0.1, 0.15) is 0 Å². The predicted molar refractivity (Wildman–Crippen MR) is 91.6 cm³/mol. The molecule has 23 heavy (non-hydrogen) atoms. The Morgan fingerprint density at radius 1 is 1.13 bits per heavy atom. The molecule has 0 aliphatic rings. The van der Waals surface area contributed by atoms with Crippen molar-refractivity contribution in [3.63, 3.8) is 0 Å². The van der Waals surface area contributed by atoms with Gasteiger partial charge in [-0.25, -0.2) is 0 Å². The fourth-order valence-electron chi connectivity index (χ4n) is 2.17. The number of hydrogen-bond acceptors (Lipinski definition) is 6. The highest BCUT2D eigenvalue weighted by molar-refractivity contribution is 7.22. The lowest BCUT2D eigenvalue weighted by Crippen LogP contribution is -1.98. The molecule has 0 amide bonds. The second-order valence-electron chi connectivity index (χ2n) is 4.63. The summed E-state index contributed by atoms with van der Waals surface area (Å²) in [6, 6.07) is 9.67. The molecule has 0 atom stereocenters. The van der Waals surface area contributed by atoms with E-state index in [4.69, 9.17) is 14.2 Å². The van der Waals surface area contributed by atoms with Crippen molar-refractivity contribution in [2.45, 2.75) is 0 Å². The number of methoxy groups -OCH3 is 2. The first-order chi connectivity index (χ1) is 11.3. The van der Waals surface area contributed by atoms with Gasteiger partial charge in [0.25, 0.3) is 0 Å². The topological polar surface area (TPSA) is 53.5 Å². The van der Waals surface area contributed by atoms with E-state index in [1.54, 1.807) is 37.7 Å². The van der Waals surface area contributed by atoms with Gasteiger partial charge < -0.3 is 14.2 Å². The Hall–Kier alpha value is -2.60. The molecule has 5 nitrogen and oxygen atoms in total. The molecule has 2 aromatic heterocycles.